The molecule has 1 unspecified atom stereocenters. The van der Waals surface area contributed by atoms with Gasteiger partial charge in [0.05, 0.1) is 0 Å². The highest BCUT2D eigenvalue weighted by Gasteiger charge is 2.19. The number of carbonyl (C=O) groups is 2. The first-order chi connectivity index (χ1) is 11.6. The van der Waals surface area contributed by atoms with Gasteiger partial charge in [0.2, 0.25) is 0 Å². The van der Waals surface area contributed by atoms with E-state index in [0.717, 1.165) is 18.4 Å². The van der Waals surface area contributed by atoms with Crippen molar-refractivity contribution in [3.8, 4) is 0 Å². The molecule has 0 aliphatic rings. The maximum absolute atomic E-state index is 11.9. The van der Waals surface area contributed by atoms with Gasteiger partial charge in [-0.15, -0.1) is 0 Å². The third-order valence-corrected chi connectivity index (χ3v) is 3.66. The fourth-order valence-electron chi connectivity index (χ4n) is 2.40. The number of carboxylic acid groups (broad SMARTS) is 1. The number of benzene rings is 2. The molecule has 0 radical (unpaired) electrons. The molecule has 0 spiro atoms. The number of hydrogen-bond donors (Lipinski definition) is 3. The molecule has 0 aromatic heterocycles. The van der Waals surface area contributed by atoms with E-state index in [-0.39, 0.29) is 6.42 Å². The number of carboxylic acids is 1. The standard InChI is InChI=1S/C19H22N2O3/c22-18(23)17(14-16-10-5-2-6-11-16)21-19(24)20-13-7-12-15-8-3-1-4-9-15/h1-6,8-11,17H,7,12-14H2,(H,22,23)(H2,20,21,24). The summed E-state index contributed by atoms with van der Waals surface area (Å²) in [5.74, 6) is -1.04. The van der Waals surface area contributed by atoms with Crippen LogP contribution in [0.4, 0.5) is 4.79 Å². The average molecular weight is 326 g/mol. The van der Waals surface area contributed by atoms with Gasteiger partial charge in [-0.2, -0.15) is 0 Å². The fourth-order valence-corrected chi connectivity index (χ4v) is 2.40. The predicted molar refractivity (Wildman–Crippen MR) is 92.9 cm³/mol. The smallest absolute Gasteiger partial charge is 0.326 e. The summed E-state index contributed by atoms with van der Waals surface area (Å²) < 4.78 is 0. The first-order valence-corrected chi connectivity index (χ1v) is 8.00. The molecule has 0 aliphatic carbocycles. The molecule has 3 N–H and O–H groups in total. The Morgan fingerprint density at radius 1 is 0.917 bits per heavy atom. The maximum atomic E-state index is 11.9. The van der Waals surface area contributed by atoms with E-state index in [1.54, 1.807) is 0 Å². The predicted octanol–water partition coefficient (Wildman–Crippen LogP) is 2.61. The molecular weight excluding hydrogens is 304 g/mol. The monoisotopic (exact) mass is 326 g/mol. The summed E-state index contributed by atoms with van der Waals surface area (Å²) in [6, 6.07) is 17.9. The third kappa shape index (κ3) is 6.12. The van der Waals surface area contributed by atoms with E-state index in [1.807, 2.05) is 60.7 Å². The van der Waals surface area contributed by atoms with E-state index in [1.165, 1.54) is 5.56 Å². The number of nitrogens with one attached hydrogen (secondary N) is 2. The van der Waals surface area contributed by atoms with Crippen LogP contribution in [0.5, 0.6) is 0 Å². The van der Waals surface area contributed by atoms with Crippen LogP contribution in [0.2, 0.25) is 0 Å². The second-order valence-corrected chi connectivity index (χ2v) is 5.57. The van der Waals surface area contributed by atoms with Crippen LogP contribution in [0.3, 0.4) is 0 Å². The van der Waals surface area contributed by atoms with Crippen molar-refractivity contribution in [1.29, 1.82) is 0 Å². The van der Waals surface area contributed by atoms with Crippen LogP contribution in [0.25, 0.3) is 0 Å². The van der Waals surface area contributed by atoms with Crippen molar-refractivity contribution in [2.24, 2.45) is 0 Å². The Balaban J connectivity index is 1.73. The minimum absolute atomic E-state index is 0.258. The second kappa shape index (κ2) is 9.35. The number of hydrogen-bond acceptors (Lipinski definition) is 2. The topological polar surface area (TPSA) is 78.4 Å². The Kier molecular flexibility index (Phi) is 6.83. The molecule has 0 heterocycles. The SMILES string of the molecule is O=C(NCCCc1ccccc1)NC(Cc1ccccc1)C(=O)O. The number of rotatable bonds is 8. The van der Waals surface area contributed by atoms with Crippen molar-refractivity contribution in [1.82, 2.24) is 10.6 Å². The quantitative estimate of drug-likeness (QED) is 0.653. The van der Waals surface area contributed by atoms with Gasteiger partial charge in [-0.05, 0) is 24.0 Å². The van der Waals surface area contributed by atoms with Gasteiger partial charge in [-0.1, -0.05) is 60.7 Å². The Hall–Kier alpha value is -2.82. The highest BCUT2D eigenvalue weighted by atomic mass is 16.4. The highest BCUT2D eigenvalue weighted by Crippen LogP contribution is 2.04. The summed E-state index contributed by atoms with van der Waals surface area (Å²) in [5, 5.41) is 14.5. The molecule has 1 atom stereocenters. The molecule has 0 aliphatic heterocycles. The fraction of sp³-hybridized carbons (Fsp3) is 0.263. The van der Waals surface area contributed by atoms with E-state index < -0.39 is 18.0 Å². The zero-order chi connectivity index (χ0) is 17.2. The Morgan fingerprint density at radius 2 is 1.50 bits per heavy atom. The molecule has 2 aromatic rings. The molecule has 24 heavy (non-hydrogen) atoms. The molecule has 2 rings (SSSR count). The van der Waals surface area contributed by atoms with Crippen molar-refractivity contribution in [3.63, 3.8) is 0 Å². The summed E-state index contributed by atoms with van der Waals surface area (Å²) in [6.07, 6.45) is 1.93. The molecule has 0 fully saturated rings. The van der Waals surface area contributed by atoms with Gasteiger partial charge in [-0.3, -0.25) is 0 Å². The van der Waals surface area contributed by atoms with E-state index in [0.29, 0.717) is 6.54 Å². The summed E-state index contributed by atoms with van der Waals surface area (Å²) in [6.45, 7) is 0.498. The van der Waals surface area contributed by atoms with Gasteiger partial charge in [0, 0.05) is 13.0 Å². The van der Waals surface area contributed by atoms with Crippen LogP contribution < -0.4 is 10.6 Å². The molecule has 0 bridgehead atoms. The first kappa shape index (κ1) is 17.5. The lowest BCUT2D eigenvalue weighted by atomic mass is 10.1. The second-order valence-electron chi connectivity index (χ2n) is 5.57. The van der Waals surface area contributed by atoms with Crippen molar-refractivity contribution in [3.05, 3.63) is 71.8 Å². The van der Waals surface area contributed by atoms with Crippen LogP contribution in [0.1, 0.15) is 17.5 Å². The van der Waals surface area contributed by atoms with Gasteiger partial charge >= 0.3 is 12.0 Å². The van der Waals surface area contributed by atoms with Crippen molar-refractivity contribution >= 4 is 12.0 Å². The molecule has 0 saturated heterocycles. The van der Waals surface area contributed by atoms with Gasteiger partial charge in [0.1, 0.15) is 6.04 Å². The third-order valence-electron chi connectivity index (χ3n) is 3.66. The lowest BCUT2D eigenvalue weighted by Crippen LogP contribution is -2.47. The Bertz CT molecular complexity index is 644. The molecule has 126 valence electrons. The molecular formula is C19H22N2O3. The molecule has 0 saturated carbocycles. The van der Waals surface area contributed by atoms with Crippen molar-refractivity contribution in [2.45, 2.75) is 25.3 Å². The molecule has 5 nitrogen and oxygen atoms in total. The van der Waals surface area contributed by atoms with Crippen LogP contribution in [-0.4, -0.2) is 29.7 Å². The van der Waals surface area contributed by atoms with Gasteiger partial charge in [-0.25, -0.2) is 9.59 Å². The van der Waals surface area contributed by atoms with Gasteiger partial charge in [0.25, 0.3) is 0 Å². The number of carbonyl (C=O) groups excluding carboxylic acids is 1. The Morgan fingerprint density at radius 3 is 2.08 bits per heavy atom. The zero-order valence-electron chi connectivity index (χ0n) is 13.4. The van der Waals surface area contributed by atoms with Crippen molar-refractivity contribution < 1.29 is 14.7 Å². The zero-order valence-corrected chi connectivity index (χ0v) is 13.4. The number of amides is 2. The van der Waals surface area contributed by atoms with Crippen LogP contribution >= 0.6 is 0 Å². The highest BCUT2D eigenvalue weighted by molar-refractivity contribution is 5.82. The summed E-state index contributed by atoms with van der Waals surface area (Å²) in [7, 11) is 0. The minimum atomic E-state index is -1.04. The number of aliphatic carboxylic acids is 1. The van der Waals surface area contributed by atoms with E-state index in [2.05, 4.69) is 10.6 Å². The normalized spacial score (nSPS) is 11.5. The van der Waals surface area contributed by atoms with E-state index >= 15 is 0 Å². The van der Waals surface area contributed by atoms with Gasteiger partial charge < -0.3 is 15.7 Å². The number of aryl methyl sites for hydroxylation is 1. The van der Waals surface area contributed by atoms with Crippen molar-refractivity contribution in [2.75, 3.05) is 6.54 Å². The van der Waals surface area contributed by atoms with E-state index in [4.69, 9.17) is 0 Å². The molecule has 5 heteroatoms. The lowest BCUT2D eigenvalue weighted by molar-refractivity contribution is -0.139. The Labute approximate surface area is 141 Å². The first-order valence-electron chi connectivity index (χ1n) is 8.00. The maximum Gasteiger partial charge on any atom is 0.326 e. The number of urea groups is 1. The van der Waals surface area contributed by atoms with Crippen LogP contribution in [0.15, 0.2) is 60.7 Å². The van der Waals surface area contributed by atoms with E-state index in [9.17, 15) is 14.7 Å². The largest absolute Gasteiger partial charge is 0.480 e. The van der Waals surface area contributed by atoms with Crippen LogP contribution in [-0.2, 0) is 17.6 Å². The summed E-state index contributed by atoms with van der Waals surface area (Å²) in [5.41, 5.74) is 2.08. The van der Waals surface area contributed by atoms with Gasteiger partial charge in [0.15, 0.2) is 0 Å². The minimum Gasteiger partial charge on any atom is -0.480 e. The average Bonchev–Trinajstić information content (AvgIpc) is 2.60. The molecule has 2 aromatic carbocycles. The summed E-state index contributed by atoms with van der Waals surface area (Å²) >= 11 is 0. The summed E-state index contributed by atoms with van der Waals surface area (Å²) in [4.78, 5) is 23.2. The lowest BCUT2D eigenvalue weighted by Gasteiger charge is -2.15. The molecule has 2 amide bonds. The van der Waals surface area contributed by atoms with Crippen LogP contribution in [0, 0.1) is 0 Å².